The largest absolute Gasteiger partial charge is 0.490 e. The minimum absolute atomic E-state index is 0.0945. The summed E-state index contributed by atoms with van der Waals surface area (Å²) in [6.45, 7) is 8.74. The molecule has 1 aliphatic heterocycles. The van der Waals surface area contributed by atoms with Gasteiger partial charge in [0, 0.05) is 12.1 Å². The molecule has 1 aliphatic rings. The highest BCUT2D eigenvalue weighted by Gasteiger charge is 2.42. The Bertz CT molecular complexity index is 595. The van der Waals surface area contributed by atoms with Crippen LogP contribution >= 0.6 is 0 Å². The van der Waals surface area contributed by atoms with Crippen LogP contribution in [0.2, 0.25) is 0 Å². The summed E-state index contributed by atoms with van der Waals surface area (Å²) >= 11 is 0. The number of amides is 1. The van der Waals surface area contributed by atoms with Gasteiger partial charge in [-0.2, -0.15) is 0 Å². The first-order valence-electron chi connectivity index (χ1n) is 8.21. The van der Waals surface area contributed by atoms with E-state index in [9.17, 15) is 9.59 Å². The molecule has 5 nitrogen and oxygen atoms in total. The van der Waals surface area contributed by atoms with Gasteiger partial charge in [0.05, 0.1) is 12.3 Å². The molecular formula is C18H25NO4. The van der Waals surface area contributed by atoms with E-state index in [0.29, 0.717) is 35.9 Å². The third kappa shape index (κ3) is 3.49. The normalized spacial score (nSPS) is 15.8. The number of carbonyl (C=O) groups is 2. The molecule has 0 fully saturated rings. The van der Waals surface area contributed by atoms with E-state index in [0.717, 1.165) is 25.5 Å². The number of anilines is 1. The number of hydrogen-bond acceptors (Lipinski definition) is 4. The summed E-state index contributed by atoms with van der Waals surface area (Å²) < 4.78 is 11.7. The van der Waals surface area contributed by atoms with Gasteiger partial charge in [-0.15, -0.1) is 0 Å². The van der Waals surface area contributed by atoms with Crippen LogP contribution in [0.1, 0.15) is 57.3 Å². The van der Waals surface area contributed by atoms with Gasteiger partial charge in [0.15, 0.2) is 17.1 Å². The zero-order valence-electron chi connectivity index (χ0n) is 14.3. The van der Waals surface area contributed by atoms with Crippen molar-refractivity contribution in [3.63, 3.8) is 0 Å². The van der Waals surface area contributed by atoms with Crippen molar-refractivity contribution >= 4 is 17.9 Å². The number of fused-ring (bicyclic) bond motifs is 1. The minimum atomic E-state index is -0.951. The topological polar surface area (TPSA) is 55.8 Å². The van der Waals surface area contributed by atoms with Gasteiger partial charge in [0.1, 0.15) is 6.29 Å². The zero-order chi connectivity index (χ0) is 17.0. The summed E-state index contributed by atoms with van der Waals surface area (Å²) in [6, 6.07) is 3.37. The number of ether oxygens (including phenoxy) is 2. The molecule has 0 aliphatic carbocycles. The lowest BCUT2D eigenvalue weighted by atomic mass is 10.0. The highest BCUT2D eigenvalue weighted by Crippen LogP contribution is 2.45. The van der Waals surface area contributed by atoms with Crippen LogP contribution < -0.4 is 14.4 Å². The lowest BCUT2D eigenvalue weighted by Crippen LogP contribution is -2.52. The molecule has 0 spiro atoms. The highest BCUT2D eigenvalue weighted by atomic mass is 16.5. The van der Waals surface area contributed by atoms with E-state index >= 15 is 0 Å². The molecule has 0 N–H and O–H groups in total. The lowest BCUT2D eigenvalue weighted by Gasteiger charge is -2.39. The molecule has 1 aromatic carbocycles. The smallest absolute Gasteiger partial charge is 0.270 e. The quantitative estimate of drug-likeness (QED) is 0.721. The first kappa shape index (κ1) is 17.3. The Morgan fingerprint density at radius 2 is 2.00 bits per heavy atom. The predicted molar refractivity (Wildman–Crippen MR) is 89.6 cm³/mol. The lowest BCUT2D eigenvalue weighted by molar-refractivity contribution is -0.132. The van der Waals surface area contributed by atoms with E-state index in [1.54, 1.807) is 30.9 Å². The summed E-state index contributed by atoms with van der Waals surface area (Å²) in [4.78, 5) is 25.7. The van der Waals surface area contributed by atoms with Crippen LogP contribution in [0.25, 0.3) is 0 Å². The van der Waals surface area contributed by atoms with Crippen LogP contribution in [0.5, 0.6) is 11.5 Å². The Morgan fingerprint density at radius 3 is 2.61 bits per heavy atom. The predicted octanol–water partition coefficient (Wildman–Crippen LogP) is 3.59. The van der Waals surface area contributed by atoms with E-state index in [4.69, 9.17) is 9.47 Å². The number of hydrogen-bond donors (Lipinski definition) is 0. The standard InChI is InChI=1S/C18H25NO4/c1-5-7-8-19-14-10-13(12-20)11-15(22-9-6-2)16(14)23-18(3,4)17(19)21/h10-12H,5-9H2,1-4H3. The summed E-state index contributed by atoms with van der Waals surface area (Å²) in [5.74, 6) is 0.973. The number of rotatable bonds is 7. The molecule has 1 amide bonds. The van der Waals surface area contributed by atoms with Crippen molar-refractivity contribution in [2.75, 3.05) is 18.1 Å². The van der Waals surface area contributed by atoms with Crippen LogP contribution in [-0.4, -0.2) is 30.9 Å². The Kier molecular flexibility index (Phi) is 5.29. The van der Waals surface area contributed by atoms with E-state index < -0.39 is 5.60 Å². The molecule has 0 bridgehead atoms. The highest BCUT2D eigenvalue weighted by molar-refractivity contribution is 6.03. The monoisotopic (exact) mass is 319 g/mol. The second kappa shape index (κ2) is 7.02. The summed E-state index contributed by atoms with van der Waals surface area (Å²) in [5, 5.41) is 0. The first-order chi connectivity index (χ1) is 10.9. The van der Waals surface area contributed by atoms with Crippen LogP contribution in [-0.2, 0) is 4.79 Å². The fraction of sp³-hybridized carbons (Fsp3) is 0.556. The number of carbonyl (C=O) groups excluding carboxylic acids is 2. The molecule has 23 heavy (non-hydrogen) atoms. The van der Waals surface area contributed by atoms with Crippen molar-refractivity contribution < 1.29 is 19.1 Å². The maximum absolute atomic E-state index is 12.7. The third-order valence-electron chi connectivity index (χ3n) is 3.80. The average molecular weight is 319 g/mol. The molecule has 126 valence electrons. The minimum Gasteiger partial charge on any atom is -0.490 e. The van der Waals surface area contributed by atoms with Crippen LogP contribution in [0.4, 0.5) is 5.69 Å². The molecule has 0 radical (unpaired) electrons. The van der Waals surface area contributed by atoms with Gasteiger partial charge in [0.25, 0.3) is 5.91 Å². The molecule has 0 atom stereocenters. The average Bonchev–Trinajstić information content (AvgIpc) is 2.53. The Morgan fingerprint density at radius 1 is 1.26 bits per heavy atom. The molecule has 0 saturated heterocycles. The van der Waals surface area contributed by atoms with E-state index in [1.807, 2.05) is 6.92 Å². The molecule has 2 rings (SSSR count). The fourth-order valence-corrected chi connectivity index (χ4v) is 2.57. The molecule has 5 heteroatoms. The van der Waals surface area contributed by atoms with Gasteiger partial charge < -0.3 is 14.4 Å². The Hall–Kier alpha value is -2.04. The van der Waals surface area contributed by atoms with Gasteiger partial charge >= 0.3 is 0 Å². The van der Waals surface area contributed by atoms with Crippen molar-refractivity contribution in [3.8, 4) is 11.5 Å². The van der Waals surface area contributed by atoms with Crippen molar-refractivity contribution in [3.05, 3.63) is 17.7 Å². The molecule has 1 heterocycles. The molecule has 0 aromatic heterocycles. The van der Waals surface area contributed by atoms with Gasteiger partial charge in [0.2, 0.25) is 0 Å². The zero-order valence-corrected chi connectivity index (χ0v) is 14.3. The maximum Gasteiger partial charge on any atom is 0.270 e. The molecule has 0 saturated carbocycles. The third-order valence-corrected chi connectivity index (χ3v) is 3.80. The number of nitrogens with zero attached hydrogens (tertiary/aromatic N) is 1. The van der Waals surface area contributed by atoms with Crippen molar-refractivity contribution in [2.24, 2.45) is 0 Å². The molecular weight excluding hydrogens is 294 g/mol. The second-order valence-corrected chi connectivity index (χ2v) is 6.26. The summed E-state index contributed by atoms with van der Waals surface area (Å²) in [6.07, 6.45) is 3.48. The van der Waals surface area contributed by atoms with Crippen LogP contribution in [0, 0.1) is 0 Å². The number of aldehydes is 1. The maximum atomic E-state index is 12.7. The van der Waals surface area contributed by atoms with Crippen LogP contribution in [0.15, 0.2) is 12.1 Å². The summed E-state index contributed by atoms with van der Waals surface area (Å²) in [7, 11) is 0. The van der Waals surface area contributed by atoms with Crippen molar-refractivity contribution in [1.29, 1.82) is 0 Å². The van der Waals surface area contributed by atoms with E-state index in [1.165, 1.54) is 0 Å². The number of benzene rings is 1. The molecule has 0 unspecified atom stereocenters. The van der Waals surface area contributed by atoms with Crippen LogP contribution in [0.3, 0.4) is 0 Å². The van der Waals surface area contributed by atoms with E-state index in [2.05, 4.69) is 6.92 Å². The fourth-order valence-electron chi connectivity index (χ4n) is 2.57. The second-order valence-electron chi connectivity index (χ2n) is 6.26. The first-order valence-corrected chi connectivity index (χ1v) is 8.21. The van der Waals surface area contributed by atoms with Crippen molar-refractivity contribution in [1.82, 2.24) is 0 Å². The molecule has 1 aromatic rings. The van der Waals surface area contributed by atoms with E-state index in [-0.39, 0.29) is 5.91 Å². The van der Waals surface area contributed by atoms with Gasteiger partial charge in [-0.3, -0.25) is 9.59 Å². The van der Waals surface area contributed by atoms with Gasteiger partial charge in [-0.1, -0.05) is 20.3 Å². The summed E-state index contributed by atoms with van der Waals surface area (Å²) in [5.41, 5.74) is 0.152. The Balaban J connectivity index is 2.54. The van der Waals surface area contributed by atoms with Crippen molar-refractivity contribution in [2.45, 2.75) is 52.6 Å². The SMILES string of the molecule is CCCCN1C(=O)C(C)(C)Oc2c(OCCC)cc(C=O)cc21. The van der Waals surface area contributed by atoms with Gasteiger partial charge in [-0.05, 0) is 38.8 Å². The van der Waals surface area contributed by atoms with Gasteiger partial charge in [-0.25, -0.2) is 0 Å². The number of unbranched alkanes of at least 4 members (excludes halogenated alkanes) is 1. The Labute approximate surface area is 137 Å².